The summed E-state index contributed by atoms with van der Waals surface area (Å²) in [6.07, 6.45) is 1.37. The highest BCUT2D eigenvalue weighted by atomic mass is 31.1. The highest BCUT2D eigenvalue weighted by Crippen LogP contribution is 2.14. The largest absolute Gasteiger partial charge is 0.396 e. The van der Waals surface area contributed by atoms with Crippen LogP contribution in [0.5, 0.6) is 0 Å². The van der Waals surface area contributed by atoms with Gasteiger partial charge in [-0.05, 0) is 0 Å². The van der Waals surface area contributed by atoms with Gasteiger partial charge in [0.2, 0.25) is 0 Å². The summed E-state index contributed by atoms with van der Waals surface area (Å²) < 4.78 is 9.95. The number of aliphatic hydroxyl groups excluding tert-OH is 2. The summed E-state index contributed by atoms with van der Waals surface area (Å²) >= 11 is 0. The van der Waals surface area contributed by atoms with Crippen molar-refractivity contribution < 1.29 is 14.8 Å². The second-order valence-electron chi connectivity index (χ2n) is 1.60. The van der Waals surface area contributed by atoms with Gasteiger partial charge in [0.1, 0.15) is 5.85 Å². The Morgan fingerprint density at radius 2 is 2.33 bits per heavy atom. The standard InChI is InChI=1S/C5H9O3P/c1-2-4(3-6)5(7)9-8/h2,4-7H,1,3H2. The van der Waals surface area contributed by atoms with Gasteiger partial charge in [-0.2, -0.15) is 0 Å². The van der Waals surface area contributed by atoms with Gasteiger partial charge in [-0.1, -0.05) is 6.08 Å². The van der Waals surface area contributed by atoms with E-state index in [1.165, 1.54) is 6.08 Å². The van der Waals surface area contributed by atoms with Gasteiger partial charge >= 0.3 is 0 Å². The third-order valence-electron chi connectivity index (χ3n) is 1.00. The molecular weight excluding hydrogens is 139 g/mol. The van der Waals surface area contributed by atoms with Crippen LogP contribution in [0, 0.1) is 5.92 Å². The molecule has 0 saturated heterocycles. The molecule has 0 aliphatic carbocycles. The fourth-order valence-corrected chi connectivity index (χ4v) is 0.741. The molecule has 9 heavy (non-hydrogen) atoms. The Balaban J connectivity index is 3.77. The topological polar surface area (TPSA) is 57.5 Å². The van der Waals surface area contributed by atoms with E-state index in [1.807, 2.05) is 0 Å². The van der Waals surface area contributed by atoms with Crippen molar-refractivity contribution in [3.05, 3.63) is 12.7 Å². The van der Waals surface area contributed by atoms with Crippen LogP contribution in [0.1, 0.15) is 0 Å². The van der Waals surface area contributed by atoms with Crippen LogP contribution in [-0.4, -0.2) is 22.7 Å². The first-order valence-electron chi connectivity index (χ1n) is 2.50. The third-order valence-corrected chi connectivity index (χ3v) is 1.60. The smallest absolute Gasteiger partial charge is 0.187 e. The molecular formula is C5H9O3P. The minimum absolute atomic E-state index is 0.222. The molecule has 0 radical (unpaired) electrons. The van der Waals surface area contributed by atoms with Gasteiger partial charge in [0.15, 0.2) is 8.46 Å². The van der Waals surface area contributed by atoms with Gasteiger partial charge in [-0.25, -0.2) is 0 Å². The van der Waals surface area contributed by atoms with Crippen molar-refractivity contribution in [2.24, 2.45) is 5.92 Å². The molecule has 2 N–H and O–H groups in total. The maximum Gasteiger partial charge on any atom is 0.187 e. The van der Waals surface area contributed by atoms with E-state index in [9.17, 15) is 4.57 Å². The van der Waals surface area contributed by atoms with Crippen molar-refractivity contribution in [3.63, 3.8) is 0 Å². The first-order valence-corrected chi connectivity index (χ1v) is 3.38. The molecule has 0 aromatic heterocycles. The van der Waals surface area contributed by atoms with Crippen LogP contribution in [-0.2, 0) is 4.57 Å². The van der Waals surface area contributed by atoms with Crippen molar-refractivity contribution in [2.45, 2.75) is 5.85 Å². The Hall–Kier alpha value is -0.240. The molecule has 52 valence electrons. The molecule has 2 unspecified atom stereocenters. The predicted molar refractivity (Wildman–Crippen MR) is 34.4 cm³/mol. The van der Waals surface area contributed by atoms with Crippen molar-refractivity contribution in [1.29, 1.82) is 0 Å². The fraction of sp³-hybridized carbons (Fsp3) is 0.600. The Kier molecular flexibility index (Phi) is 4.50. The lowest BCUT2D eigenvalue weighted by Crippen LogP contribution is -2.15. The summed E-state index contributed by atoms with van der Waals surface area (Å²) in [4.78, 5) is 0. The van der Waals surface area contributed by atoms with Crippen LogP contribution in [0.15, 0.2) is 12.7 Å². The van der Waals surface area contributed by atoms with E-state index in [1.54, 1.807) is 0 Å². The Bertz CT molecular complexity index is 104. The van der Waals surface area contributed by atoms with E-state index in [-0.39, 0.29) is 15.1 Å². The number of hydrogen-bond acceptors (Lipinski definition) is 3. The van der Waals surface area contributed by atoms with E-state index in [2.05, 4.69) is 6.58 Å². The maximum atomic E-state index is 9.95. The molecule has 4 heteroatoms. The molecule has 0 bridgehead atoms. The third kappa shape index (κ3) is 2.70. The average molecular weight is 148 g/mol. The quantitative estimate of drug-likeness (QED) is 0.448. The van der Waals surface area contributed by atoms with Gasteiger partial charge in [0.25, 0.3) is 0 Å². The maximum absolute atomic E-state index is 9.95. The lowest BCUT2D eigenvalue weighted by Gasteiger charge is -2.08. The SMILES string of the molecule is C=CC(CO)C(O)P=O. The number of hydrogen-bond donors (Lipinski definition) is 2. The molecule has 0 amide bonds. The van der Waals surface area contributed by atoms with E-state index < -0.39 is 11.8 Å². The monoisotopic (exact) mass is 148 g/mol. The van der Waals surface area contributed by atoms with Crippen molar-refractivity contribution in [2.75, 3.05) is 6.61 Å². The molecule has 0 aromatic carbocycles. The van der Waals surface area contributed by atoms with Crippen LogP contribution in [0.3, 0.4) is 0 Å². The molecule has 3 nitrogen and oxygen atoms in total. The van der Waals surface area contributed by atoms with Crippen molar-refractivity contribution >= 4 is 8.46 Å². The van der Waals surface area contributed by atoms with Gasteiger partial charge in [0.05, 0.1) is 6.61 Å². The summed E-state index contributed by atoms with van der Waals surface area (Å²) in [5, 5.41) is 17.2. The van der Waals surface area contributed by atoms with E-state index in [4.69, 9.17) is 10.2 Å². The zero-order chi connectivity index (χ0) is 7.28. The average Bonchev–Trinajstić information content (AvgIpc) is 1.90. The Morgan fingerprint density at radius 1 is 1.78 bits per heavy atom. The summed E-state index contributed by atoms with van der Waals surface area (Å²) in [5.41, 5.74) is 0. The predicted octanol–water partition coefficient (Wildman–Crippen LogP) is 0.391. The molecule has 0 aromatic rings. The number of rotatable bonds is 4. The zero-order valence-corrected chi connectivity index (χ0v) is 5.79. The van der Waals surface area contributed by atoms with Crippen LogP contribution >= 0.6 is 8.46 Å². The van der Waals surface area contributed by atoms with Gasteiger partial charge in [-0.3, -0.25) is 4.57 Å². The molecule has 0 saturated carbocycles. The van der Waals surface area contributed by atoms with Crippen LogP contribution < -0.4 is 0 Å². The molecule has 2 atom stereocenters. The van der Waals surface area contributed by atoms with Crippen molar-refractivity contribution in [3.8, 4) is 0 Å². The van der Waals surface area contributed by atoms with Crippen LogP contribution in [0.2, 0.25) is 0 Å². The van der Waals surface area contributed by atoms with Crippen molar-refractivity contribution in [1.82, 2.24) is 0 Å². The summed E-state index contributed by atoms with van der Waals surface area (Å²) in [7, 11) is -0.372. The van der Waals surface area contributed by atoms with Gasteiger partial charge < -0.3 is 10.2 Å². The first-order chi connectivity index (χ1) is 4.26. The van der Waals surface area contributed by atoms with Gasteiger partial charge in [0, 0.05) is 5.92 Å². The fourth-order valence-electron chi connectivity index (χ4n) is 0.369. The summed E-state index contributed by atoms with van der Waals surface area (Å²) in [6, 6.07) is 0. The molecule has 0 aliphatic heterocycles. The highest BCUT2D eigenvalue weighted by Gasteiger charge is 2.13. The second kappa shape index (κ2) is 4.62. The normalized spacial score (nSPS) is 17.1. The Morgan fingerprint density at radius 3 is 2.44 bits per heavy atom. The van der Waals surface area contributed by atoms with E-state index >= 15 is 0 Å². The van der Waals surface area contributed by atoms with Crippen LogP contribution in [0.25, 0.3) is 0 Å². The lowest BCUT2D eigenvalue weighted by molar-refractivity contribution is 0.151. The summed E-state index contributed by atoms with van der Waals surface area (Å²) in [5.74, 6) is -1.50. The molecule has 0 heterocycles. The second-order valence-corrected chi connectivity index (χ2v) is 2.34. The lowest BCUT2D eigenvalue weighted by atomic mass is 10.2. The minimum Gasteiger partial charge on any atom is -0.396 e. The molecule has 0 aliphatic rings. The van der Waals surface area contributed by atoms with E-state index in [0.717, 1.165) is 0 Å². The van der Waals surface area contributed by atoms with Gasteiger partial charge in [-0.15, -0.1) is 6.58 Å². The highest BCUT2D eigenvalue weighted by molar-refractivity contribution is 7.24. The Labute approximate surface area is 55.2 Å². The molecule has 0 rings (SSSR count). The molecule has 0 spiro atoms. The first kappa shape index (κ1) is 8.76. The minimum atomic E-state index is -1.02. The molecule has 0 fully saturated rings. The van der Waals surface area contributed by atoms with Crippen LogP contribution in [0.4, 0.5) is 0 Å². The number of aliphatic hydroxyl groups is 2. The zero-order valence-electron chi connectivity index (χ0n) is 4.90. The summed E-state index contributed by atoms with van der Waals surface area (Å²) in [6.45, 7) is 3.12. The van der Waals surface area contributed by atoms with E-state index in [0.29, 0.717) is 0 Å².